The lowest BCUT2D eigenvalue weighted by molar-refractivity contribution is 0.0576. The van der Waals surface area contributed by atoms with Gasteiger partial charge in [0.2, 0.25) is 0 Å². The molecule has 0 aromatic carbocycles. The smallest absolute Gasteiger partial charge is 0.316 e. The first kappa shape index (κ1) is 18.9. The van der Waals surface area contributed by atoms with E-state index in [4.69, 9.17) is 4.74 Å². The van der Waals surface area contributed by atoms with Gasteiger partial charge in [-0.05, 0) is 12.1 Å². The molecule has 1 aliphatic heterocycles. The summed E-state index contributed by atoms with van der Waals surface area (Å²) in [6.07, 6.45) is 9.96. The molecule has 9 nitrogen and oxygen atoms in total. The Kier molecular flexibility index (Phi) is 5.11. The lowest BCUT2D eigenvalue weighted by Gasteiger charge is -2.31. The molecular weight excluding hydrogens is 372 g/mol. The highest BCUT2D eigenvalue weighted by atomic mass is 16.5. The van der Waals surface area contributed by atoms with E-state index in [1.165, 1.54) is 4.57 Å². The zero-order chi connectivity index (χ0) is 20.4. The molecule has 0 saturated carbocycles. The lowest BCUT2D eigenvalue weighted by atomic mass is 10.1. The van der Waals surface area contributed by atoms with E-state index in [0.717, 1.165) is 11.1 Å². The minimum Gasteiger partial charge on any atom is -0.460 e. The van der Waals surface area contributed by atoms with Crippen molar-refractivity contribution in [2.45, 2.75) is 18.9 Å². The van der Waals surface area contributed by atoms with Gasteiger partial charge in [0.25, 0.3) is 11.5 Å². The third kappa shape index (κ3) is 4.03. The number of likely N-dealkylation sites (tertiary alicyclic amines) is 1. The summed E-state index contributed by atoms with van der Waals surface area (Å²) < 4.78 is 9.02. The molecule has 3 aromatic rings. The van der Waals surface area contributed by atoms with Crippen LogP contribution >= 0.6 is 0 Å². The Hall–Kier alpha value is -3.49. The molecule has 0 unspecified atom stereocenters. The fourth-order valence-corrected chi connectivity index (χ4v) is 3.35. The summed E-state index contributed by atoms with van der Waals surface area (Å²) >= 11 is 0. The van der Waals surface area contributed by atoms with Gasteiger partial charge in [-0.3, -0.25) is 14.3 Å². The van der Waals surface area contributed by atoms with E-state index in [-0.39, 0.29) is 23.1 Å². The van der Waals surface area contributed by atoms with Crippen molar-refractivity contribution in [3.63, 3.8) is 0 Å². The van der Waals surface area contributed by atoms with Crippen molar-refractivity contribution in [2.24, 2.45) is 14.1 Å². The normalized spacial score (nSPS) is 14.8. The van der Waals surface area contributed by atoms with Crippen LogP contribution in [0.15, 0.2) is 47.9 Å². The van der Waals surface area contributed by atoms with Crippen LogP contribution in [0.4, 0.5) is 0 Å². The average molecular weight is 394 g/mol. The molecule has 0 bridgehead atoms. The van der Waals surface area contributed by atoms with Crippen molar-refractivity contribution < 1.29 is 9.53 Å². The van der Waals surface area contributed by atoms with E-state index in [2.05, 4.69) is 15.1 Å². The zero-order valence-corrected chi connectivity index (χ0v) is 16.4. The molecule has 150 valence electrons. The van der Waals surface area contributed by atoms with Gasteiger partial charge in [0.15, 0.2) is 0 Å². The number of rotatable bonds is 4. The maximum absolute atomic E-state index is 12.7. The molecule has 0 atom stereocenters. The third-order valence-corrected chi connectivity index (χ3v) is 5.02. The van der Waals surface area contributed by atoms with E-state index in [9.17, 15) is 9.59 Å². The summed E-state index contributed by atoms with van der Waals surface area (Å²) in [4.78, 5) is 35.1. The highest BCUT2D eigenvalue weighted by Gasteiger charge is 2.26. The van der Waals surface area contributed by atoms with Gasteiger partial charge in [-0.1, -0.05) is 0 Å². The van der Waals surface area contributed by atoms with E-state index >= 15 is 0 Å². The number of piperidine rings is 1. The summed E-state index contributed by atoms with van der Waals surface area (Å²) in [5, 5.41) is 4.14. The highest BCUT2D eigenvalue weighted by Crippen LogP contribution is 2.20. The van der Waals surface area contributed by atoms with Crippen LogP contribution in [-0.2, 0) is 14.1 Å². The predicted octanol–water partition coefficient (Wildman–Crippen LogP) is 1.26. The molecular formula is C20H22N6O3. The van der Waals surface area contributed by atoms with Crippen molar-refractivity contribution in [2.75, 3.05) is 13.1 Å². The number of hydrogen-bond donors (Lipinski definition) is 0. The minimum absolute atomic E-state index is 0.0677. The van der Waals surface area contributed by atoms with Gasteiger partial charge < -0.3 is 14.2 Å². The number of pyridine rings is 1. The number of aryl methyl sites for hydroxylation is 2. The molecule has 1 aliphatic rings. The van der Waals surface area contributed by atoms with Crippen LogP contribution in [0.25, 0.3) is 11.1 Å². The SMILES string of the molecule is Cn1cc(-c2cnc(OC3CCN(C(=O)c4cccn(C)c4=O)CC3)nc2)cn1. The molecule has 4 rings (SSSR count). The van der Waals surface area contributed by atoms with Crippen molar-refractivity contribution in [3.05, 3.63) is 59.0 Å². The zero-order valence-electron chi connectivity index (χ0n) is 16.4. The van der Waals surface area contributed by atoms with Crippen LogP contribution in [0.3, 0.4) is 0 Å². The molecule has 0 spiro atoms. The largest absolute Gasteiger partial charge is 0.460 e. The van der Waals surface area contributed by atoms with Crippen LogP contribution in [0.5, 0.6) is 6.01 Å². The molecule has 0 N–H and O–H groups in total. The van der Waals surface area contributed by atoms with Gasteiger partial charge in [0, 0.05) is 75.9 Å². The van der Waals surface area contributed by atoms with Gasteiger partial charge in [-0.25, -0.2) is 9.97 Å². The van der Waals surface area contributed by atoms with Crippen molar-refractivity contribution >= 4 is 5.91 Å². The Bertz CT molecular complexity index is 1060. The molecule has 0 radical (unpaired) electrons. The van der Waals surface area contributed by atoms with E-state index < -0.39 is 0 Å². The molecule has 9 heteroatoms. The van der Waals surface area contributed by atoms with Crippen molar-refractivity contribution in [1.29, 1.82) is 0 Å². The summed E-state index contributed by atoms with van der Waals surface area (Å²) in [5.74, 6) is -0.235. The summed E-state index contributed by atoms with van der Waals surface area (Å²) in [7, 11) is 3.49. The fourth-order valence-electron chi connectivity index (χ4n) is 3.35. The van der Waals surface area contributed by atoms with E-state index in [1.54, 1.807) is 53.5 Å². The lowest BCUT2D eigenvalue weighted by Crippen LogP contribution is -2.43. The Morgan fingerprint density at radius 3 is 2.48 bits per heavy atom. The molecule has 0 aliphatic carbocycles. The highest BCUT2D eigenvalue weighted by molar-refractivity contribution is 5.93. The number of carbonyl (C=O) groups is 1. The fraction of sp³-hybridized carbons (Fsp3) is 0.350. The van der Waals surface area contributed by atoms with Crippen LogP contribution in [0, 0.1) is 0 Å². The van der Waals surface area contributed by atoms with Crippen LogP contribution in [0.1, 0.15) is 23.2 Å². The number of nitrogens with zero attached hydrogens (tertiary/aromatic N) is 6. The van der Waals surface area contributed by atoms with Gasteiger partial charge in [0.1, 0.15) is 11.7 Å². The summed E-state index contributed by atoms with van der Waals surface area (Å²) in [6.45, 7) is 1.05. The van der Waals surface area contributed by atoms with Crippen molar-refractivity contribution in [1.82, 2.24) is 29.2 Å². The Morgan fingerprint density at radius 1 is 1.10 bits per heavy atom. The minimum atomic E-state index is -0.280. The maximum Gasteiger partial charge on any atom is 0.316 e. The maximum atomic E-state index is 12.7. The Morgan fingerprint density at radius 2 is 1.83 bits per heavy atom. The Balaban J connectivity index is 1.34. The third-order valence-electron chi connectivity index (χ3n) is 5.02. The molecule has 29 heavy (non-hydrogen) atoms. The first-order valence-electron chi connectivity index (χ1n) is 9.44. The van der Waals surface area contributed by atoms with E-state index in [1.807, 2.05) is 13.2 Å². The van der Waals surface area contributed by atoms with E-state index in [0.29, 0.717) is 31.9 Å². The number of carbonyl (C=O) groups excluding carboxylic acids is 1. The molecule has 1 amide bonds. The first-order chi connectivity index (χ1) is 14.0. The van der Waals surface area contributed by atoms with Gasteiger partial charge in [-0.15, -0.1) is 0 Å². The second kappa shape index (κ2) is 7.86. The van der Waals surface area contributed by atoms with Gasteiger partial charge >= 0.3 is 6.01 Å². The standard InChI is InChI=1S/C20H22N6O3/c1-24-7-3-4-17(18(24)27)19(28)26-8-5-16(6-9-26)29-20-21-10-14(11-22-20)15-12-23-25(2)13-15/h3-4,7,10-13,16H,5-6,8-9H2,1-2H3. The number of hydrogen-bond acceptors (Lipinski definition) is 6. The predicted molar refractivity (Wildman–Crippen MR) is 105 cm³/mol. The second-order valence-electron chi connectivity index (χ2n) is 7.10. The average Bonchev–Trinajstić information content (AvgIpc) is 3.17. The number of ether oxygens (including phenoxy) is 1. The summed E-state index contributed by atoms with van der Waals surface area (Å²) in [5.41, 5.74) is 1.73. The second-order valence-corrected chi connectivity index (χ2v) is 7.10. The van der Waals surface area contributed by atoms with Gasteiger partial charge in [0.05, 0.1) is 6.20 Å². The summed E-state index contributed by atoms with van der Waals surface area (Å²) in [6, 6.07) is 3.60. The topological polar surface area (TPSA) is 95.1 Å². The van der Waals surface area contributed by atoms with Crippen LogP contribution in [0.2, 0.25) is 0 Å². The van der Waals surface area contributed by atoms with Crippen LogP contribution in [-0.4, -0.2) is 54.3 Å². The molecule has 1 fully saturated rings. The quantitative estimate of drug-likeness (QED) is 0.661. The molecule has 3 aromatic heterocycles. The van der Waals surface area contributed by atoms with Crippen molar-refractivity contribution in [3.8, 4) is 17.1 Å². The number of aromatic nitrogens is 5. The van der Waals surface area contributed by atoms with Crippen LogP contribution < -0.4 is 10.3 Å². The molecule has 1 saturated heterocycles. The first-order valence-corrected chi connectivity index (χ1v) is 9.44. The monoisotopic (exact) mass is 394 g/mol. The Labute approximate surface area is 167 Å². The molecule has 4 heterocycles. The number of amides is 1. The van der Waals surface area contributed by atoms with Gasteiger partial charge in [-0.2, -0.15) is 5.10 Å².